The minimum atomic E-state index is -0.127. The van der Waals surface area contributed by atoms with Crippen LogP contribution in [-0.4, -0.2) is 44.1 Å². The Morgan fingerprint density at radius 2 is 1.91 bits per heavy atom. The molecule has 0 unspecified atom stereocenters. The molecule has 1 aliphatic carbocycles. The van der Waals surface area contributed by atoms with Crippen LogP contribution in [-0.2, 0) is 11.2 Å². The summed E-state index contributed by atoms with van der Waals surface area (Å²) >= 11 is 0. The molecule has 122 valence electrons. The van der Waals surface area contributed by atoms with Crippen LogP contribution in [0.2, 0.25) is 0 Å². The van der Waals surface area contributed by atoms with E-state index in [-0.39, 0.29) is 17.4 Å². The second kappa shape index (κ2) is 7.14. The van der Waals surface area contributed by atoms with Crippen molar-refractivity contribution in [2.75, 3.05) is 27.2 Å². The Balaban J connectivity index is 1.75. The van der Waals surface area contributed by atoms with E-state index < -0.39 is 0 Å². The number of hydrogen-bond donors (Lipinski definition) is 1. The molecule has 0 atom stereocenters. The summed E-state index contributed by atoms with van der Waals surface area (Å²) in [6.45, 7) is 5.58. The Hall–Kier alpha value is -1.55. The Labute approximate surface area is 133 Å². The van der Waals surface area contributed by atoms with Crippen LogP contribution in [0.25, 0.3) is 0 Å². The number of nitrogens with zero attached hydrogens (tertiary/aromatic N) is 1. The minimum Gasteiger partial charge on any atom is -0.491 e. The van der Waals surface area contributed by atoms with Crippen LogP contribution < -0.4 is 10.1 Å². The van der Waals surface area contributed by atoms with E-state index in [1.54, 1.807) is 0 Å². The molecule has 2 rings (SSSR count). The molecule has 4 nitrogen and oxygen atoms in total. The SMILES string of the molecule is CC(C)Oc1ccc(CCNC(=O)C2(CN(C)C)CC2)cc1. The lowest BCUT2D eigenvalue weighted by Crippen LogP contribution is -2.39. The molecule has 22 heavy (non-hydrogen) atoms. The largest absolute Gasteiger partial charge is 0.491 e. The molecule has 0 heterocycles. The van der Waals surface area contributed by atoms with Crippen LogP contribution in [0.4, 0.5) is 0 Å². The highest BCUT2D eigenvalue weighted by Gasteiger charge is 2.49. The van der Waals surface area contributed by atoms with Crippen LogP contribution in [0.5, 0.6) is 5.75 Å². The Morgan fingerprint density at radius 1 is 1.27 bits per heavy atom. The average Bonchev–Trinajstić information content (AvgIpc) is 3.20. The van der Waals surface area contributed by atoms with Gasteiger partial charge in [-0.3, -0.25) is 4.79 Å². The van der Waals surface area contributed by atoms with Gasteiger partial charge in [0.25, 0.3) is 0 Å². The average molecular weight is 304 g/mol. The minimum absolute atomic E-state index is 0.127. The third-order valence-corrected chi connectivity index (χ3v) is 3.95. The molecule has 0 spiro atoms. The predicted octanol–water partition coefficient (Wildman–Crippen LogP) is 2.47. The van der Waals surface area contributed by atoms with Crippen molar-refractivity contribution in [3.8, 4) is 5.75 Å². The summed E-state index contributed by atoms with van der Waals surface area (Å²) in [5.41, 5.74) is 1.09. The molecule has 0 saturated heterocycles. The van der Waals surface area contributed by atoms with E-state index in [0.29, 0.717) is 6.54 Å². The first-order valence-corrected chi connectivity index (χ1v) is 8.10. The van der Waals surface area contributed by atoms with E-state index in [2.05, 4.69) is 22.3 Å². The molecule has 0 aromatic heterocycles. The number of carbonyl (C=O) groups excluding carboxylic acids is 1. The third kappa shape index (κ3) is 4.73. The van der Waals surface area contributed by atoms with Gasteiger partial charge in [-0.2, -0.15) is 0 Å². The molecular weight excluding hydrogens is 276 g/mol. The van der Waals surface area contributed by atoms with E-state index in [9.17, 15) is 4.79 Å². The van der Waals surface area contributed by atoms with Gasteiger partial charge < -0.3 is 15.0 Å². The second-order valence-electron chi connectivity index (χ2n) is 6.83. The molecule has 0 bridgehead atoms. The van der Waals surface area contributed by atoms with Crippen LogP contribution >= 0.6 is 0 Å². The number of amides is 1. The van der Waals surface area contributed by atoms with E-state index in [4.69, 9.17) is 4.74 Å². The Morgan fingerprint density at radius 3 is 2.41 bits per heavy atom. The molecule has 0 aliphatic heterocycles. The summed E-state index contributed by atoms with van der Waals surface area (Å²) in [7, 11) is 4.04. The highest BCUT2D eigenvalue weighted by atomic mass is 16.5. The highest BCUT2D eigenvalue weighted by Crippen LogP contribution is 2.46. The summed E-state index contributed by atoms with van der Waals surface area (Å²) in [6, 6.07) is 8.12. The molecule has 1 aromatic rings. The zero-order valence-electron chi connectivity index (χ0n) is 14.2. The molecule has 1 aromatic carbocycles. The van der Waals surface area contributed by atoms with Crippen LogP contribution in [0.1, 0.15) is 32.3 Å². The van der Waals surface area contributed by atoms with Crippen LogP contribution in [0.3, 0.4) is 0 Å². The van der Waals surface area contributed by atoms with Gasteiger partial charge in [0.05, 0.1) is 11.5 Å². The quantitative estimate of drug-likeness (QED) is 0.802. The first-order chi connectivity index (χ1) is 10.4. The first kappa shape index (κ1) is 16.8. The number of hydrogen-bond acceptors (Lipinski definition) is 3. The number of rotatable bonds is 8. The van der Waals surface area contributed by atoms with Crippen molar-refractivity contribution >= 4 is 5.91 Å². The highest BCUT2D eigenvalue weighted by molar-refractivity contribution is 5.85. The maximum atomic E-state index is 12.3. The zero-order chi connectivity index (χ0) is 16.2. The molecule has 1 aliphatic rings. The summed E-state index contributed by atoms with van der Waals surface area (Å²) in [5.74, 6) is 1.10. The van der Waals surface area contributed by atoms with Gasteiger partial charge >= 0.3 is 0 Å². The summed E-state index contributed by atoms with van der Waals surface area (Å²) in [5, 5.41) is 3.09. The monoisotopic (exact) mass is 304 g/mol. The molecular formula is C18H28N2O2. The fourth-order valence-corrected chi connectivity index (χ4v) is 2.73. The van der Waals surface area contributed by atoms with Crippen molar-refractivity contribution < 1.29 is 9.53 Å². The summed E-state index contributed by atoms with van der Waals surface area (Å²) in [4.78, 5) is 14.4. The van der Waals surface area contributed by atoms with E-state index in [1.165, 1.54) is 5.56 Å². The van der Waals surface area contributed by atoms with Gasteiger partial charge in [-0.15, -0.1) is 0 Å². The van der Waals surface area contributed by atoms with Gasteiger partial charge in [0.1, 0.15) is 5.75 Å². The van der Waals surface area contributed by atoms with Crippen molar-refractivity contribution in [2.24, 2.45) is 5.41 Å². The molecule has 1 amide bonds. The second-order valence-corrected chi connectivity index (χ2v) is 6.83. The van der Waals surface area contributed by atoms with Gasteiger partial charge in [-0.05, 0) is 64.9 Å². The number of ether oxygens (including phenoxy) is 1. The van der Waals surface area contributed by atoms with E-state index in [0.717, 1.165) is 31.6 Å². The van der Waals surface area contributed by atoms with Gasteiger partial charge in [-0.25, -0.2) is 0 Å². The first-order valence-electron chi connectivity index (χ1n) is 8.10. The Kier molecular flexibility index (Phi) is 5.46. The van der Waals surface area contributed by atoms with Gasteiger partial charge in [0.2, 0.25) is 5.91 Å². The molecule has 1 N–H and O–H groups in total. The smallest absolute Gasteiger partial charge is 0.227 e. The topological polar surface area (TPSA) is 41.6 Å². The zero-order valence-corrected chi connectivity index (χ0v) is 14.2. The maximum absolute atomic E-state index is 12.3. The summed E-state index contributed by atoms with van der Waals surface area (Å²) in [6.07, 6.45) is 3.07. The number of carbonyl (C=O) groups is 1. The van der Waals surface area contributed by atoms with Crippen molar-refractivity contribution in [3.63, 3.8) is 0 Å². The normalized spacial score (nSPS) is 15.9. The molecule has 0 radical (unpaired) electrons. The Bertz CT molecular complexity index is 490. The molecule has 1 fully saturated rings. The van der Waals surface area contributed by atoms with E-state index >= 15 is 0 Å². The fraction of sp³-hybridized carbons (Fsp3) is 0.611. The lowest BCUT2D eigenvalue weighted by Gasteiger charge is -2.19. The number of benzene rings is 1. The molecule has 4 heteroatoms. The summed E-state index contributed by atoms with van der Waals surface area (Å²) < 4.78 is 5.63. The van der Waals surface area contributed by atoms with Crippen molar-refractivity contribution in [2.45, 2.75) is 39.2 Å². The van der Waals surface area contributed by atoms with Crippen LogP contribution in [0, 0.1) is 5.41 Å². The fourth-order valence-electron chi connectivity index (χ4n) is 2.73. The van der Waals surface area contributed by atoms with Crippen molar-refractivity contribution in [1.82, 2.24) is 10.2 Å². The van der Waals surface area contributed by atoms with Gasteiger partial charge in [0, 0.05) is 13.1 Å². The molecule has 1 saturated carbocycles. The number of nitrogens with one attached hydrogen (secondary N) is 1. The van der Waals surface area contributed by atoms with Gasteiger partial charge in [-0.1, -0.05) is 12.1 Å². The van der Waals surface area contributed by atoms with E-state index in [1.807, 2.05) is 40.1 Å². The maximum Gasteiger partial charge on any atom is 0.227 e. The van der Waals surface area contributed by atoms with Crippen molar-refractivity contribution in [3.05, 3.63) is 29.8 Å². The predicted molar refractivity (Wildman–Crippen MR) is 89.1 cm³/mol. The lowest BCUT2D eigenvalue weighted by atomic mass is 10.1. The van der Waals surface area contributed by atoms with Crippen molar-refractivity contribution in [1.29, 1.82) is 0 Å². The van der Waals surface area contributed by atoms with Crippen LogP contribution in [0.15, 0.2) is 24.3 Å². The van der Waals surface area contributed by atoms with Gasteiger partial charge in [0.15, 0.2) is 0 Å². The lowest BCUT2D eigenvalue weighted by molar-refractivity contribution is -0.126. The standard InChI is InChI=1S/C18H28N2O2/c1-14(2)22-16-7-5-15(6-8-16)9-12-19-17(21)18(10-11-18)13-20(3)4/h5-8,14H,9-13H2,1-4H3,(H,19,21). The third-order valence-electron chi connectivity index (χ3n) is 3.95.